The number of halogens is 1. The highest BCUT2D eigenvalue weighted by Crippen LogP contribution is 2.34. The molecule has 0 N–H and O–H groups in total. The summed E-state index contributed by atoms with van der Waals surface area (Å²) in [5.74, 6) is 0.310. The minimum Gasteiger partial charge on any atom is -0.493 e. The average Bonchev–Trinajstić information content (AvgIpc) is 2.38. The summed E-state index contributed by atoms with van der Waals surface area (Å²) in [6.07, 6.45) is 0.540. The quantitative estimate of drug-likeness (QED) is 0.323. The number of nitrogens with zero attached hydrogens (tertiary/aromatic N) is 1. The Kier molecular flexibility index (Phi) is 5.04. The lowest BCUT2D eigenvalue weighted by Crippen LogP contribution is -2.03. The largest absolute Gasteiger partial charge is 0.493 e. The van der Waals surface area contributed by atoms with E-state index in [0.717, 1.165) is 6.07 Å². The Labute approximate surface area is 102 Å². The number of hydrogen-bond donors (Lipinski definition) is 0. The number of rotatable bonds is 7. The van der Waals surface area contributed by atoms with Gasteiger partial charge in [-0.25, -0.2) is 0 Å². The molecule has 0 aromatic heterocycles. The minimum atomic E-state index is -0.689. The van der Waals surface area contributed by atoms with E-state index in [1.807, 2.05) is 0 Å². The molecule has 0 aliphatic carbocycles. The monoisotopic (exact) mass is 257 g/mol. The van der Waals surface area contributed by atoms with E-state index in [2.05, 4.69) is 0 Å². The van der Waals surface area contributed by atoms with Gasteiger partial charge in [0.25, 0.3) is 5.69 Å². The summed E-state index contributed by atoms with van der Waals surface area (Å²) in [6, 6.07) is 2.32. The normalized spacial score (nSPS) is 9.89. The van der Waals surface area contributed by atoms with Gasteiger partial charge in [-0.1, -0.05) is 0 Å². The highest BCUT2D eigenvalue weighted by molar-refractivity contribution is 5.83. The maximum Gasteiger partial charge on any atom is 0.283 e. The number of carbonyl (C=O) groups is 1. The van der Waals surface area contributed by atoms with Crippen molar-refractivity contribution in [2.24, 2.45) is 0 Å². The first kappa shape index (κ1) is 13.9. The number of benzene rings is 1. The average molecular weight is 257 g/mol. The van der Waals surface area contributed by atoms with Crippen LogP contribution in [0.4, 0.5) is 10.1 Å². The molecule has 1 rings (SSSR count). The lowest BCUT2D eigenvalue weighted by atomic mass is 10.1. The fraction of sp³-hybridized carbons (Fsp3) is 0.364. The standard InChI is InChI=1S/C11H12FNO5/c1-17-10-5-8(7-14)9(13(15)16)6-11(10)18-4-2-3-12/h5-7H,2-4H2,1H3. The van der Waals surface area contributed by atoms with Gasteiger partial charge in [-0.3, -0.25) is 19.3 Å². The predicted octanol–water partition coefficient (Wildman–Crippen LogP) is 2.15. The number of carbonyl (C=O) groups excluding carboxylic acids is 1. The zero-order valence-corrected chi connectivity index (χ0v) is 9.72. The van der Waals surface area contributed by atoms with E-state index in [4.69, 9.17) is 9.47 Å². The summed E-state index contributed by atoms with van der Waals surface area (Å²) in [4.78, 5) is 20.8. The van der Waals surface area contributed by atoms with Gasteiger partial charge < -0.3 is 9.47 Å². The molecule has 0 aliphatic heterocycles. The van der Waals surface area contributed by atoms with Crippen LogP contribution in [0.5, 0.6) is 11.5 Å². The number of methoxy groups -OCH3 is 1. The Bertz CT molecular complexity index is 449. The molecule has 0 saturated carbocycles. The van der Waals surface area contributed by atoms with Crippen molar-refractivity contribution in [1.82, 2.24) is 0 Å². The van der Waals surface area contributed by atoms with E-state index in [0.29, 0.717) is 6.29 Å². The number of ether oxygens (including phenoxy) is 2. The van der Waals surface area contributed by atoms with Crippen LogP contribution in [0.25, 0.3) is 0 Å². The first-order chi connectivity index (χ1) is 8.63. The van der Waals surface area contributed by atoms with Crippen molar-refractivity contribution in [3.8, 4) is 11.5 Å². The van der Waals surface area contributed by atoms with Crippen LogP contribution in [0.2, 0.25) is 0 Å². The van der Waals surface area contributed by atoms with Gasteiger partial charge in [-0.15, -0.1) is 0 Å². The number of aldehydes is 1. The summed E-state index contributed by atoms with van der Waals surface area (Å²) >= 11 is 0. The molecule has 1 aromatic rings. The molecule has 7 heteroatoms. The summed E-state index contributed by atoms with van der Waals surface area (Å²) in [6.45, 7) is -0.471. The van der Waals surface area contributed by atoms with Crippen LogP contribution in [0.3, 0.4) is 0 Å². The van der Waals surface area contributed by atoms with Crippen molar-refractivity contribution >= 4 is 12.0 Å². The molecule has 6 nitrogen and oxygen atoms in total. The maximum absolute atomic E-state index is 11.9. The summed E-state index contributed by atoms with van der Waals surface area (Å²) in [5, 5.41) is 10.8. The minimum absolute atomic E-state index is 0.0739. The molecule has 0 aliphatic rings. The van der Waals surface area contributed by atoms with Crippen LogP contribution < -0.4 is 9.47 Å². The highest BCUT2D eigenvalue weighted by atomic mass is 19.1. The van der Waals surface area contributed by atoms with E-state index in [9.17, 15) is 19.3 Å². The second-order valence-corrected chi connectivity index (χ2v) is 3.33. The van der Waals surface area contributed by atoms with Crippen LogP contribution in [-0.4, -0.2) is 31.6 Å². The van der Waals surface area contributed by atoms with E-state index in [1.165, 1.54) is 13.2 Å². The molecule has 0 radical (unpaired) electrons. The highest BCUT2D eigenvalue weighted by Gasteiger charge is 2.19. The fourth-order valence-corrected chi connectivity index (χ4v) is 1.33. The molecule has 1 aromatic carbocycles. The Morgan fingerprint density at radius 3 is 2.67 bits per heavy atom. The smallest absolute Gasteiger partial charge is 0.283 e. The molecule has 0 unspecified atom stereocenters. The number of nitro groups is 1. The third kappa shape index (κ3) is 3.16. The summed E-state index contributed by atoms with van der Waals surface area (Å²) < 4.78 is 22.1. The SMILES string of the molecule is COc1cc(C=O)c([N+](=O)[O-])cc1OCCCF. The zero-order chi connectivity index (χ0) is 13.5. The number of hydrogen-bond acceptors (Lipinski definition) is 5. The molecule has 0 saturated heterocycles. The van der Waals surface area contributed by atoms with Gasteiger partial charge in [0, 0.05) is 12.5 Å². The Hall–Kier alpha value is -2.18. The van der Waals surface area contributed by atoms with Crippen LogP contribution in [0.15, 0.2) is 12.1 Å². The molecule has 18 heavy (non-hydrogen) atoms. The molecule has 0 heterocycles. The molecule has 0 atom stereocenters. The van der Waals surface area contributed by atoms with Crippen molar-refractivity contribution < 1.29 is 23.6 Å². The van der Waals surface area contributed by atoms with Crippen molar-refractivity contribution in [2.45, 2.75) is 6.42 Å². The van der Waals surface area contributed by atoms with Crippen molar-refractivity contribution in [3.05, 3.63) is 27.8 Å². The van der Waals surface area contributed by atoms with Gasteiger partial charge in [0.05, 0.1) is 36.9 Å². The van der Waals surface area contributed by atoms with Crippen molar-refractivity contribution in [2.75, 3.05) is 20.4 Å². The first-order valence-corrected chi connectivity index (χ1v) is 5.14. The number of nitro benzene ring substituents is 1. The lowest BCUT2D eigenvalue weighted by Gasteiger charge is -2.10. The van der Waals surface area contributed by atoms with Crippen LogP contribution in [-0.2, 0) is 0 Å². The van der Waals surface area contributed by atoms with Gasteiger partial charge in [-0.2, -0.15) is 0 Å². The molecular formula is C11H12FNO5. The Morgan fingerprint density at radius 2 is 2.17 bits per heavy atom. The molecule has 0 fully saturated rings. The van der Waals surface area contributed by atoms with Crippen molar-refractivity contribution in [3.63, 3.8) is 0 Å². The van der Waals surface area contributed by atoms with Gasteiger partial charge in [-0.05, 0) is 0 Å². The molecule has 0 spiro atoms. The zero-order valence-electron chi connectivity index (χ0n) is 9.72. The number of alkyl halides is 1. The second-order valence-electron chi connectivity index (χ2n) is 3.33. The maximum atomic E-state index is 11.9. The van der Waals surface area contributed by atoms with Crippen molar-refractivity contribution in [1.29, 1.82) is 0 Å². The molecular weight excluding hydrogens is 245 g/mol. The van der Waals surface area contributed by atoms with Gasteiger partial charge in [0.1, 0.15) is 0 Å². The first-order valence-electron chi connectivity index (χ1n) is 5.14. The van der Waals surface area contributed by atoms with E-state index in [-0.39, 0.29) is 35.8 Å². The third-order valence-electron chi connectivity index (χ3n) is 2.17. The molecule has 0 bridgehead atoms. The van der Waals surface area contributed by atoms with E-state index >= 15 is 0 Å². The summed E-state index contributed by atoms with van der Waals surface area (Å²) in [7, 11) is 1.35. The van der Waals surface area contributed by atoms with E-state index in [1.54, 1.807) is 0 Å². The van der Waals surface area contributed by atoms with E-state index < -0.39 is 11.6 Å². The second kappa shape index (κ2) is 6.53. The van der Waals surface area contributed by atoms with Gasteiger partial charge >= 0.3 is 0 Å². The predicted molar refractivity (Wildman–Crippen MR) is 61.1 cm³/mol. The van der Waals surface area contributed by atoms with Crippen LogP contribution >= 0.6 is 0 Å². The van der Waals surface area contributed by atoms with Gasteiger partial charge in [0.2, 0.25) is 0 Å². The molecule has 0 amide bonds. The lowest BCUT2D eigenvalue weighted by molar-refractivity contribution is -0.385. The third-order valence-corrected chi connectivity index (χ3v) is 2.17. The summed E-state index contributed by atoms with van der Waals surface area (Å²) in [5.41, 5.74) is -0.476. The topological polar surface area (TPSA) is 78.7 Å². The Morgan fingerprint density at radius 1 is 1.44 bits per heavy atom. The molecule has 98 valence electrons. The fourth-order valence-electron chi connectivity index (χ4n) is 1.33. The Balaban J connectivity index is 3.10. The van der Waals surface area contributed by atoms with Gasteiger partial charge in [0.15, 0.2) is 17.8 Å². The van der Waals surface area contributed by atoms with Crippen LogP contribution in [0, 0.1) is 10.1 Å². The van der Waals surface area contributed by atoms with Crippen LogP contribution in [0.1, 0.15) is 16.8 Å².